The van der Waals surface area contributed by atoms with E-state index in [1.807, 2.05) is 6.92 Å². The molecule has 0 radical (unpaired) electrons. The molecular weight excluding hydrogens is 413 g/mol. The lowest BCUT2D eigenvalue weighted by atomic mass is 10.1. The molecular formula is C20H28FN3O5S. The van der Waals surface area contributed by atoms with Crippen molar-refractivity contribution in [1.82, 2.24) is 9.21 Å². The van der Waals surface area contributed by atoms with Crippen LogP contribution in [-0.2, 0) is 26.2 Å². The van der Waals surface area contributed by atoms with Gasteiger partial charge in [0, 0.05) is 50.4 Å². The summed E-state index contributed by atoms with van der Waals surface area (Å²) in [6.45, 7) is 5.48. The average Bonchev–Trinajstić information content (AvgIpc) is 2.68. The summed E-state index contributed by atoms with van der Waals surface area (Å²) in [6.07, 6.45) is 1.33. The second-order valence-corrected chi connectivity index (χ2v) is 10.4. The van der Waals surface area contributed by atoms with Crippen LogP contribution in [0.25, 0.3) is 0 Å². The number of anilines is 1. The Morgan fingerprint density at radius 3 is 2.50 bits per heavy atom. The van der Waals surface area contributed by atoms with Gasteiger partial charge in [0.15, 0.2) is 0 Å². The van der Waals surface area contributed by atoms with E-state index in [1.54, 1.807) is 24.0 Å². The van der Waals surface area contributed by atoms with Crippen LogP contribution < -0.4 is 4.90 Å². The lowest BCUT2D eigenvalue weighted by Crippen LogP contribution is -2.58. The number of carbonyl (C=O) groups is 2. The molecule has 1 unspecified atom stereocenters. The number of nitrogens with zero attached hydrogens (tertiary/aromatic N) is 3. The maximum Gasteiger partial charge on any atom is 0.328 e. The Labute approximate surface area is 176 Å². The molecule has 2 aliphatic heterocycles. The molecule has 2 fully saturated rings. The molecule has 3 atom stereocenters. The van der Waals surface area contributed by atoms with Gasteiger partial charge in [-0.05, 0) is 38.8 Å². The highest BCUT2D eigenvalue weighted by atomic mass is 32.2. The summed E-state index contributed by atoms with van der Waals surface area (Å²) in [6, 6.07) is 3.34. The third-order valence-electron chi connectivity index (χ3n) is 6.12. The molecule has 3 rings (SSSR count). The minimum atomic E-state index is -3.47. The number of aliphatic carboxylic acids is 1. The summed E-state index contributed by atoms with van der Waals surface area (Å²) in [5.41, 5.74) is 0.786. The number of benzene rings is 1. The normalized spacial score (nSPS) is 27.1. The molecule has 1 aromatic rings. The smallest absolute Gasteiger partial charge is 0.328 e. The molecule has 0 saturated carbocycles. The summed E-state index contributed by atoms with van der Waals surface area (Å²) in [5, 5.41) is 8.96. The molecule has 10 heteroatoms. The van der Waals surface area contributed by atoms with Crippen molar-refractivity contribution in [3.05, 3.63) is 29.6 Å². The molecule has 0 aromatic heterocycles. The Morgan fingerprint density at radius 1 is 1.20 bits per heavy atom. The van der Waals surface area contributed by atoms with E-state index in [0.717, 1.165) is 6.42 Å². The number of hydrogen-bond acceptors (Lipinski definition) is 5. The molecule has 166 valence electrons. The Morgan fingerprint density at radius 2 is 1.90 bits per heavy atom. The Kier molecular flexibility index (Phi) is 6.37. The van der Waals surface area contributed by atoms with Gasteiger partial charge in [0.25, 0.3) is 0 Å². The Hall–Kier alpha value is -2.20. The van der Waals surface area contributed by atoms with Gasteiger partial charge >= 0.3 is 5.97 Å². The van der Waals surface area contributed by atoms with Crippen LogP contribution in [0.1, 0.15) is 39.2 Å². The van der Waals surface area contributed by atoms with E-state index in [1.165, 1.54) is 22.2 Å². The van der Waals surface area contributed by atoms with Gasteiger partial charge in [-0.25, -0.2) is 17.6 Å². The number of rotatable bonds is 4. The topological polar surface area (TPSA) is 98.2 Å². The van der Waals surface area contributed by atoms with Crippen molar-refractivity contribution in [3.63, 3.8) is 0 Å². The molecule has 8 nitrogen and oxygen atoms in total. The number of carboxylic acid groups (broad SMARTS) is 1. The van der Waals surface area contributed by atoms with Gasteiger partial charge in [0.1, 0.15) is 11.9 Å². The average molecular weight is 442 g/mol. The first-order valence-electron chi connectivity index (χ1n) is 10.1. The second-order valence-electron chi connectivity index (χ2n) is 8.12. The Bertz CT molecular complexity index is 938. The highest BCUT2D eigenvalue weighted by Crippen LogP contribution is 2.29. The van der Waals surface area contributed by atoms with Gasteiger partial charge < -0.3 is 14.9 Å². The monoisotopic (exact) mass is 441 g/mol. The molecule has 0 bridgehead atoms. The number of amides is 1. The molecule has 0 aliphatic carbocycles. The van der Waals surface area contributed by atoms with E-state index in [-0.39, 0.29) is 37.1 Å². The summed E-state index contributed by atoms with van der Waals surface area (Å²) < 4.78 is 41.5. The fraction of sp³-hybridized carbons (Fsp3) is 0.600. The molecule has 1 N–H and O–H groups in total. The van der Waals surface area contributed by atoms with E-state index in [2.05, 4.69) is 0 Å². The summed E-state index contributed by atoms with van der Waals surface area (Å²) in [7, 11) is -3.47. The molecule has 0 spiro atoms. The van der Waals surface area contributed by atoms with Crippen LogP contribution in [0.3, 0.4) is 0 Å². The van der Waals surface area contributed by atoms with Gasteiger partial charge in [0.05, 0.1) is 5.25 Å². The molecule has 1 aromatic carbocycles. The first-order valence-corrected chi connectivity index (χ1v) is 11.6. The number of sulfonamides is 1. The van der Waals surface area contributed by atoms with Crippen LogP contribution in [0.4, 0.5) is 10.1 Å². The lowest BCUT2D eigenvalue weighted by Gasteiger charge is -2.40. The van der Waals surface area contributed by atoms with Crippen LogP contribution >= 0.6 is 0 Å². The number of carboxylic acids is 1. The maximum atomic E-state index is 14.9. The number of hydrogen-bond donors (Lipinski definition) is 1. The van der Waals surface area contributed by atoms with Crippen molar-refractivity contribution in [2.75, 3.05) is 24.5 Å². The van der Waals surface area contributed by atoms with Crippen molar-refractivity contribution in [1.29, 1.82) is 0 Å². The zero-order valence-electron chi connectivity index (χ0n) is 17.4. The van der Waals surface area contributed by atoms with Crippen LogP contribution in [-0.4, -0.2) is 71.6 Å². The van der Waals surface area contributed by atoms with Crippen molar-refractivity contribution in [3.8, 4) is 0 Å². The van der Waals surface area contributed by atoms with Gasteiger partial charge in [0.2, 0.25) is 15.9 Å². The van der Waals surface area contributed by atoms with E-state index >= 15 is 0 Å². The number of piperazine rings is 1. The first kappa shape index (κ1) is 22.5. The summed E-state index contributed by atoms with van der Waals surface area (Å²) in [4.78, 5) is 26.3. The molecule has 2 aliphatic rings. The molecule has 1 amide bonds. The van der Waals surface area contributed by atoms with Crippen molar-refractivity contribution < 1.29 is 27.5 Å². The maximum absolute atomic E-state index is 14.9. The highest BCUT2D eigenvalue weighted by molar-refractivity contribution is 7.89. The zero-order chi connectivity index (χ0) is 22.2. The van der Waals surface area contributed by atoms with Crippen molar-refractivity contribution in [2.24, 2.45) is 0 Å². The third kappa shape index (κ3) is 4.29. The fourth-order valence-corrected chi connectivity index (χ4v) is 5.95. The predicted molar refractivity (Wildman–Crippen MR) is 110 cm³/mol. The summed E-state index contributed by atoms with van der Waals surface area (Å²) in [5.74, 6) is -1.95. The summed E-state index contributed by atoms with van der Waals surface area (Å²) >= 11 is 0. The molecule has 30 heavy (non-hydrogen) atoms. The zero-order valence-corrected chi connectivity index (χ0v) is 18.2. The van der Waals surface area contributed by atoms with Crippen LogP contribution in [0.15, 0.2) is 18.2 Å². The minimum absolute atomic E-state index is 0.0319. The molecule has 2 heterocycles. The second kappa shape index (κ2) is 8.50. The Balaban J connectivity index is 1.79. The fourth-order valence-electron chi connectivity index (χ4n) is 4.13. The van der Waals surface area contributed by atoms with Crippen LogP contribution in [0, 0.1) is 5.82 Å². The largest absolute Gasteiger partial charge is 0.480 e. The lowest BCUT2D eigenvalue weighted by molar-refractivity contribution is -0.149. The quantitative estimate of drug-likeness (QED) is 0.763. The third-order valence-corrected chi connectivity index (χ3v) is 8.51. The van der Waals surface area contributed by atoms with E-state index in [0.29, 0.717) is 18.7 Å². The van der Waals surface area contributed by atoms with Gasteiger partial charge in [-0.3, -0.25) is 4.79 Å². The van der Waals surface area contributed by atoms with Crippen molar-refractivity contribution >= 4 is 27.6 Å². The number of carbonyl (C=O) groups excluding carboxylic acids is 1. The minimum Gasteiger partial charge on any atom is -0.480 e. The highest BCUT2D eigenvalue weighted by Gasteiger charge is 2.38. The molecule has 2 saturated heterocycles. The SMILES string of the molecule is CC(=O)N1CCN(c2ccc(CN3[C@@H](C)CCC(C)S3(=O)=O)c(F)c2)C[C@H]1C(=O)O. The van der Waals surface area contributed by atoms with Gasteiger partial charge in [-0.15, -0.1) is 0 Å². The van der Waals surface area contributed by atoms with Crippen LogP contribution in [0.2, 0.25) is 0 Å². The standard InChI is InChI=1S/C20H28FN3O5S/c1-13-4-5-14(2)30(28,29)24(13)11-16-6-7-17(10-18(16)21)22-8-9-23(15(3)25)19(12-22)20(26)27/h6-7,10,13-14,19H,4-5,8-9,11-12H2,1-3H3,(H,26,27)/t13-,14?,19-/m0/s1. The number of halogens is 1. The predicted octanol–water partition coefficient (Wildman–Crippen LogP) is 1.65. The van der Waals surface area contributed by atoms with Crippen LogP contribution in [0.5, 0.6) is 0 Å². The van der Waals surface area contributed by atoms with Gasteiger partial charge in [-0.2, -0.15) is 4.31 Å². The van der Waals surface area contributed by atoms with E-state index < -0.39 is 33.1 Å². The van der Waals surface area contributed by atoms with E-state index in [4.69, 9.17) is 0 Å². The van der Waals surface area contributed by atoms with Crippen molar-refractivity contribution in [2.45, 2.75) is 57.5 Å². The van der Waals surface area contributed by atoms with Gasteiger partial charge in [-0.1, -0.05) is 6.07 Å². The first-order chi connectivity index (χ1) is 14.0. The van der Waals surface area contributed by atoms with E-state index in [9.17, 15) is 27.5 Å².